The van der Waals surface area contributed by atoms with E-state index >= 15 is 0 Å². The molecule has 0 saturated heterocycles. The fourth-order valence-corrected chi connectivity index (χ4v) is 1.94. The van der Waals surface area contributed by atoms with Crippen molar-refractivity contribution < 1.29 is 0 Å². The maximum Gasteiger partial charge on any atom is 0.0205 e. The Hall–Kier alpha value is 0.470. The molecule has 0 aromatic heterocycles. The smallest absolute Gasteiger partial charge is 0.0205 e. The van der Waals surface area contributed by atoms with Crippen molar-refractivity contribution in [1.82, 2.24) is 0 Å². The lowest BCUT2D eigenvalue weighted by Gasteiger charge is -2.27. The van der Waals surface area contributed by atoms with E-state index in [0.717, 1.165) is 0 Å². The fourth-order valence-electron chi connectivity index (χ4n) is 1.25. The minimum Gasteiger partial charge on any atom is -0.0840 e. The number of allylic oxidation sites excluding steroid dienone is 2. The molecule has 0 spiro atoms. The quantitative estimate of drug-likeness (QED) is 0.379. The lowest BCUT2D eigenvalue weighted by molar-refractivity contribution is 0.325. The first-order chi connectivity index (χ1) is 4.64. The van der Waals surface area contributed by atoms with Gasteiger partial charge in [0.2, 0.25) is 0 Å². The van der Waals surface area contributed by atoms with Crippen LogP contribution in [0.15, 0.2) is 11.6 Å². The summed E-state index contributed by atoms with van der Waals surface area (Å²) < 4.78 is 1.23. The third-order valence-corrected chi connectivity index (χ3v) is 3.22. The lowest BCUT2D eigenvalue weighted by atomic mass is 9.79. The highest BCUT2D eigenvalue weighted by Gasteiger charge is 2.20. The monoisotopic (exact) mass is 250 g/mol. The van der Waals surface area contributed by atoms with Crippen LogP contribution in [0.5, 0.6) is 0 Å². The average Bonchev–Trinajstić information content (AvgIpc) is 1.88. The fraction of sp³-hybridized carbons (Fsp3) is 0.778. The number of halogens is 1. The summed E-state index contributed by atoms with van der Waals surface area (Å²) in [6, 6.07) is 0. The van der Waals surface area contributed by atoms with E-state index in [4.69, 9.17) is 0 Å². The van der Waals surface area contributed by atoms with Crippen molar-refractivity contribution >= 4 is 22.6 Å². The summed E-state index contributed by atoms with van der Waals surface area (Å²) in [7, 11) is 0. The van der Waals surface area contributed by atoms with Crippen LogP contribution in [0.1, 0.15) is 33.1 Å². The van der Waals surface area contributed by atoms with Gasteiger partial charge in [0.1, 0.15) is 0 Å². The van der Waals surface area contributed by atoms with Gasteiger partial charge in [-0.2, -0.15) is 0 Å². The topological polar surface area (TPSA) is 0 Å². The van der Waals surface area contributed by atoms with Crippen LogP contribution in [0.3, 0.4) is 0 Å². The van der Waals surface area contributed by atoms with Crippen molar-refractivity contribution in [2.75, 3.05) is 4.43 Å². The van der Waals surface area contributed by atoms with E-state index < -0.39 is 0 Å². The lowest BCUT2D eigenvalue weighted by Crippen LogP contribution is -2.14. The highest BCUT2D eigenvalue weighted by molar-refractivity contribution is 14.1. The number of rotatable bonds is 1. The maximum atomic E-state index is 2.45. The SMILES string of the molecule is CC1(C)CC=C(CI)CC1. The number of alkyl halides is 1. The third-order valence-electron chi connectivity index (χ3n) is 2.24. The second-order valence-corrected chi connectivity index (χ2v) is 4.63. The molecule has 0 unspecified atom stereocenters. The summed E-state index contributed by atoms with van der Waals surface area (Å²) in [5.74, 6) is 0. The van der Waals surface area contributed by atoms with E-state index in [9.17, 15) is 0 Å². The van der Waals surface area contributed by atoms with Crippen LogP contribution >= 0.6 is 22.6 Å². The Morgan fingerprint density at radius 1 is 1.60 bits per heavy atom. The van der Waals surface area contributed by atoms with Crippen molar-refractivity contribution in [2.45, 2.75) is 33.1 Å². The standard InChI is InChI=1S/C9H15I/c1-9(2)5-3-8(7-10)4-6-9/h3H,4-7H2,1-2H3. The Bertz CT molecular complexity index is 145. The van der Waals surface area contributed by atoms with Gasteiger partial charge in [-0.25, -0.2) is 0 Å². The molecule has 0 aromatic rings. The van der Waals surface area contributed by atoms with Gasteiger partial charge in [0.15, 0.2) is 0 Å². The molecule has 0 nitrogen and oxygen atoms in total. The van der Waals surface area contributed by atoms with Crippen molar-refractivity contribution in [3.8, 4) is 0 Å². The summed E-state index contributed by atoms with van der Waals surface area (Å²) in [5.41, 5.74) is 2.23. The highest BCUT2D eigenvalue weighted by Crippen LogP contribution is 2.34. The van der Waals surface area contributed by atoms with E-state index in [1.54, 1.807) is 5.57 Å². The molecule has 1 rings (SSSR count). The van der Waals surface area contributed by atoms with Gasteiger partial charge in [0, 0.05) is 4.43 Å². The number of hydrogen-bond acceptors (Lipinski definition) is 0. The van der Waals surface area contributed by atoms with E-state index in [0.29, 0.717) is 5.41 Å². The molecule has 0 bridgehead atoms. The van der Waals surface area contributed by atoms with E-state index in [-0.39, 0.29) is 0 Å². The zero-order chi connectivity index (χ0) is 7.61. The predicted molar refractivity (Wildman–Crippen MR) is 54.6 cm³/mol. The first kappa shape index (κ1) is 8.57. The van der Waals surface area contributed by atoms with Gasteiger partial charge in [-0.05, 0) is 24.7 Å². The van der Waals surface area contributed by atoms with Crippen LogP contribution in [0.2, 0.25) is 0 Å². The molecule has 0 saturated carbocycles. The van der Waals surface area contributed by atoms with Gasteiger partial charge in [-0.1, -0.05) is 48.1 Å². The molecule has 10 heavy (non-hydrogen) atoms. The first-order valence-electron chi connectivity index (χ1n) is 3.88. The second kappa shape index (κ2) is 3.24. The number of hydrogen-bond donors (Lipinski definition) is 0. The van der Waals surface area contributed by atoms with Gasteiger partial charge in [0.25, 0.3) is 0 Å². The normalized spacial score (nSPS) is 24.1. The summed E-state index contributed by atoms with van der Waals surface area (Å²) >= 11 is 2.45. The molecule has 0 fully saturated rings. The zero-order valence-electron chi connectivity index (χ0n) is 6.78. The molecular weight excluding hydrogens is 235 g/mol. The van der Waals surface area contributed by atoms with Gasteiger partial charge < -0.3 is 0 Å². The molecule has 0 aromatic carbocycles. The Morgan fingerprint density at radius 2 is 2.30 bits per heavy atom. The molecule has 1 heteroatoms. The van der Waals surface area contributed by atoms with Crippen LogP contribution in [-0.2, 0) is 0 Å². The molecule has 0 radical (unpaired) electrons. The summed E-state index contributed by atoms with van der Waals surface area (Å²) in [5, 5.41) is 0. The average molecular weight is 250 g/mol. The highest BCUT2D eigenvalue weighted by atomic mass is 127. The Labute approximate surface area is 77.2 Å². The van der Waals surface area contributed by atoms with Gasteiger partial charge in [-0.3, -0.25) is 0 Å². The van der Waals surface area contributed by atoms with Gasteiger partial charge in [-0.15, -0.1) is 0 Å². The van der Waals surface area contributed by atoms with Gasteiger partial charge >= 0.3 is 0 Å². The maximum absolute atomic E-state index is 2.45. The van der Waals surface area contributed by atoms with Crippen molar-refractivity contribution in [3.05, 3.63) is 11.6 Å². The molecule has 1 aliphatic carbocycles. The van der Waals surface area contributed by atoms with Crippen LogP contribution in [0, 0.1) is 5.41 Å². The molecule has 0 N–H and O–H groups in total. The van der Waals surface area contributed by atoms with E-state index in [2.05, 4.69) is 42.5 Å². The minimum atomic E-state index is 0.579. The van der Waals surface area contributed by atoms with Crippen molar-refractivity contribution in [3.63, 3.8) is 0 Å². The molecule has 0 heterocycles. The van der Waals surface area contributed by atoms with Crippen LogP contribution in [0.4, 0.5) is 0 Å². The van der Waals surface area contributed by atoms with E-state index in [1.165, 1.54) is 23.7 Å². The summed E-state index contributed by atoms with van der Waals surface area (Å²) in [6.07, 6.45) is 6.42. The van der Waals surface area contributed by atoms with Crippen LogP contribution < -0.4 is 0 Å². The van der Waals surface area contributed by atoms with Crippen LogP contribution in [-0.4, -0.2) is 4.43 Å². The summed E-state index contributed by atoms with van der Waals surface area (Å²) in [4.78, 5) is 0. The molecule has 58 valence electrons. The third kappa shape index (κ3) is 2.26. The Kier molecular flexibility index (Phi) is 2.78. The molecule has 0 atom stereocenters. The molecule has 0 aliphatic heterocycles. The minimum absolute atomic E-state index is 0.579. The van der Waals surface area contributed by atoms with Crippen molar-refractivity contribution in [2.24, 2.45) is 5.41 Å². The molecule has 1 aliphatic rings. The zero-order valence-corrected chi connectivity index (χ0v) is 8.94. The Balaban J connectivity index is 2.52. The van der Waals surface area contributed by atoms with E-state index in [1.807, 2.05) is 0 Å². The first-order valence-corrected chi connectivity index (χ1v) is 5.40. The summed E-state index contributed by atoms with van der Waals surface area (Å²) in [6.45, 7) is 4.71. The molecule has 0 amide bonds. The largest absolute Gasteiger partial charge is 0.0840 e. The van der Waals surface area contributed by atoms with Crippen molar-refractivity contribution in [1.29, 1.82) is 0 Å². The van der Waals surface area contributed by atoms with Crippen LogP contribution in [0.25, 0.3) is 0 Å². The predicted octanol–water partition coefficient (Wildman–Crippen LogP) is 3.56. The molecular formula is C9H15I. The van der Waals surface area contributed by atoms with Gasteiger partial charge in [0.05, 0.1) is 0 Å². The Morgan fingerprint density at radius 3 is 2.70 bits per heavy atom. The second-order valence-electron chi connectivity index (χ2n) is 3.86.